The molecule has 0 heterocycles. The molecule has 1 nitrogen and oxygen atoms in total. The second kappa shape index (κ2) is 5.81. The first-order valence-corrected chi connectivity index (χ1v) is 7.60. The van der Waals surface area contributed by atoms with Crippen molar-refractivity contribution in [2.75, 3.05) is 11.5 Å². The van der Waals surface area contributed by atoms with Crippen LogP contribution in [0.1, 0.15) is 13.8 Å². The number of hydrogen-bond acceptors (Lipinski definition) is 1. The third kappa shape index (κ3) is 3.64. The predicted octanol–water partition coefficient (Wildman–Crippen LogP) is 2.90. The minimum Gasteiger partial charge on any atom is -0.388 e. The van der Waals surface area contributed by atoms with E-state index in [9.17, 15) is 0 Å². The van der Waals surface area contributed by atoms with Crippen molar-refractivity contribution in [1.29, 1.82) is 0 Å². The topological polar surface area (TPSA) is 12.0 Å². The lowest BCUT2D eigenvalue weighted by Crippen LogP contribution is -2.22. The van der Waals surface area contributed by atoms with E-state index in [1.54, 1.807) is 0 Å². The van der Waals surface area contributed by atoms with E-state index in [2.05, 4.69) is 49.5 Å². The van der Waals surface area contributed by atoms with Gasteiger partial charge in [0.05, 0.1) is 8.80 Å². The Hall–Kier alpha value is -0.763. The van der Waals surface area contributed by atoms with Gasteiger partial charge in [-0.2, -0.15) is 0 Å². The first kappa shape index (κ1) is 10.3. The third-order valence-corrected chi connectivity index (χ3v) is 5.61. The van der Waals surface area contributed by atoms with Crippen molar-refractivity contribution in [1.82, 2.24) is 0 Å². The van der Waals surface area contributed by atoms with E-state index < -0.39 is 8.80 Å². The van der Waals surface area contributed by atoms with Gasteiger partial charge in [-0.15, -0.1) is 0 Å². The SMILES string of the molecule is CC[SiH](CC)CNc1ccccc1. The van der Waals surface area contributed by atoms with Crippen LogP contribution in [0.25, 0.3) is 0 Å². The molecule has 0 atom stereocenters. The second-order valence-corrected chi connectivity index (χ2v) is 7.20. The Kier molecular flexibility index (Phi) is 4.61. The van der Waals surface area contributed by atoms with Crippen molar-refractivity contribution < 1.29 is 0 Å². The summed E-state index contributed by atoms with van der Waals surface area (Å²) in [5.74, 6) is 0. The molecule has 0 saturated heterocycles. The maximum Gasteiger partial charge on any atom is 0.0588 e. The van der Waals surface area contributed by atoms with Crippen molar-refractivity contribution >= 4 is 14.5 Å². The van der Waals surface area contributed by atoms with Gasteiger partial charge >= 0.3 is 0 Å². The van der Waals surface area contributed by atoms with Crippen molar-refractivity contribution in [2.24, 2.45) is 0 Å². The lowest BCUT2D eigenvalue weighted by Gasteiger charge is -2.12. The average molecular weight is 193 g/mol. The van der Waals surface area contributed by atoms with Gasteiger partial charge in [-0.05, 0) is 12.1 Å². The molecule has 0 aromatic heterocycles. The number of rotatable bonds is 5. The molecule has 0 amide bonds. The first-order chi connectivity index (χ1) is 6.36. The van der Waals surface area contributed by atoms with Gasteiger partial charge in [0.2, 0.25) is 0 Å². The Morgan fingerprint density at radius 3 is 2.23 bits per heavy atom. The quantitative estimate of drug-likeness (QED) is 0.709. The van der Waals surface area contributed by atoms with Gasteiger partial charge < -0.3 is 5.32 Å². The zero-order chi connectivity index (χ0) is 9.52. The Morgan fingerprint density at radius 2 is 1.69 bits per heavy atom. The molecule has 1 rings (SSSR count). The molecule has 0 bridgehead atoms. The zero-order valence-corrected chi connectivity index (χ0v) is 9.74. The molecule has 1 aromatic carbocycles. The highest BCUT2D eigenvalue weighted by Crippen LogP contribution is 2.06. The van der Waals surface area contributed by atoms with Crippen LogP contribution in [0.2, 0.25) is 12.1 Å². The summed E-state index contributed by atoms with van der Waals surface area (Å²) in [7, 11) is -0.473. The number of benzene rings is 1. The van der Waals surface area contributed by atoms with Gasteiger partial charge in [-0.1, -0.05) is 44.1 Å². The summed E-state index contributed by atoms with van der Waals surface area (Å²) < 4.78 is 0. The van der Waals surface area contributed by atoms with Crippen molar-refractivity contribution in [2.45, 2.75) is 25.9 Å². The van der Waals surface area contributed by atoms with Gasteiger partial charge in [0, 0.05) is 11.9 Å². The van der Waals surface area contributed by atoms with E-state index in [1.807, 2.05) is 0 Å². The molecular weight excluding hydrogens is 174 g/mol. The summed E-state index contributed by atoms with van der Waals surface area (Å²) in [4.78, 5) is 0. The van der Waals surface area contributed by atoms with Gasteiger partial charge in [0.15, 0.2) is 0 Å². The minimum atomic E-state index is -0.473. The van der Waals surface area contributed by atoms with Crippen LogP contribution >= 0.6 is 0 Å². The van der Waals surface area contributed by atoms with Crippen LogP contribution in [0.3, 0.4) is 0 Å². The smallest absolute Gasteiger partial charge is 0.0588 e. The standard InChI is InChI=1S/C11H19NSi/c1-3-13(4-2)10-12-11-8-6-5-7-9-11/h5-9,12-13H,3-4,10H2,1-2H3. The van der Waals surface area contributed by atoms with Gasteiger partial charge in [-0.3, -0.25) is 0 Å². The minimum absolute atomic E-state index is 0.473. The molecule has 0 aliphatic heterocycles. The van der Waals surface area contributed by atoms with Crippen LogP contribution in [-0.4, -0.2) is 15.0 Å². The van der Waals surface area contributed by atoms with Crippen LogP contribution in [0.15, 0.2) is 30.3 Å². The van der Waals surface area contributed by atoms with Crippen molar-refractivity contribution in [3.05, 3.63) is 30.3 Å². The predicted molar refractivity (Wildman–Crippen MR) is 63.0 cm³/mol. The zero-order valence-electron chi connectivity index (χ0n) is 8.59. The summed E-state index contributed by atoms with van der Waals surface area (Å²) in [6.45, 7) is 4.63. The molecule has 0 aliphatic carbocycles. The highest BCUT2D eigenvalue weighted by Gasteiger charge is 2.03. The van der Waals surface area contributed by atoms with Crippen LogP contribution in [0.5, 0.6) is 0 Å². The van der Waals surface area contributed by atoms with Crippen LogP contribution in [0, 0.1) is 0 Å². The second-order valence-electron chi connectivity index (χ2n) is 3.43. The Labute approximate surface area is 82.8 Å². The molecule has 0 fully saturated rings. The summed E-state index contributed by atoms with van der Waals surface area (Å²) in [5.41, 5.74) is 1.27. The molecule has 2 heteroatoms. The third-order valence-electron chi connectivity index (χ3n) is 2.52. The van der Waals surface area contributed by atoms with Crippen molar-refractivity contribution in [3.8, 4) is 0 Å². The van der Waals surface area contributed by atoms with Gasteiger partial charge in [-0.25, -0.2) is 0 Å². The molecule has 0 unspecified atom stereocenters. The molecule has 13 heavy (non-hydrogen) atoms. The van der Waals surface area contributed by atoms with E-state index in [0.717, 1.165) is 0 Å². The largest absolute Gasteiger partial charge is 0.388 e. The molecular formula is C11H19NSi. The van der Waals surface area contributed by atoms with Crippen LogP contribution < -0.4 is 5.32 Å². The van der Waals surface area contributed by atoms with Gasteiger partial charge in [0.1, 0.15) is 0 Å². The number of nitrogens with one attached hydrogen (secondary N) is 1. The molecule has 72 valence electrons. The van der Waals surface area contributed by atoms with E-state index in [1.165, 1.54) is 23.9 Å². The monoisotopic (exact) mass is 193 g/mol. The Morgan fingerprint density at radius 1 is 1.08 bits per heavy atom. The highest BCUT2D eigenvalue weighted by molar-refractivity contribution is 6.59. The molecule has 0 aliphatic rings. The Balaban J connectivity index is 2.34. The summed E-state index contributed by atoms with van der Waals surface area (Å²) in [5, 5.41) is 3.51. The number of anilines is 1. The van der Waals surface area contributed by atoms with E-state index in [4.69, 9.17) is 0 Å². The van der Waals surface area contributed by atoms with E-state index in [0.29, 0.717) is 0 Å². The summed E-state index contributed by atoms with van der Waals surface area (Å²) >= 11 is 0. The highest BCUT2D eigenvalue weighted by atomic mass is 28.3. The van der Waals surface area contributed by atoms with E-state index in [-0.39, 0.29) is 0 Å². The van der Waals surface area contributed by atoms with Crippen LogP contribution in [0.4, 0.5) is 5.69 Å². The number of hydrogen-bond donors (Lipinski definition) is 1. The fraction of sp³-hybridized carbons (Fsp3) is 0.455. The fourth-order valence-corrected chi connectivity index (χ4v) is 3.07. The first-order valence-electron chi connectivity index (χ1n) is 5.15. The van der Waals surface area contributed by atoms with Crippen molar-refractivity contribution in [3.63, 3.8) is 0 Å². The average Bonchev–Trinajstić information content (AvgIpc) is 2.21. The van der Waals surface area contributed by atoms with Crippen LogP contribution in [-0.2, 0) is 0 Å². The molecule has 1 aromatic rings. The molecule has 0 spiro atoms. The molecule has 1 N–H and O–H groups in total. The number of para-hydroxylation sites is 1. The lowest BCUT2D eigenvalue weighted by atomic mass is 10.3. The molecule has 0 saturated carbocycles. The molecule has 0 radical (unpaired) electrons. The van der Waals surface area contributed by atoms with Gasteiger partial charge in [0.25, 0.3) is 0 Å². The summed E-state index contributed by atoms with van der Waals surface area (Å²) in [6.07, 6.45) is 1.23. The maximum absolute atomic E-state index is 3.51. The van der Waals surface area contributed by atoms with E-state index >= 15 is 0 Å². The lowest BCUT2D eigenvalue weighted by molar-refractivity contribution is 1.25. The maximum atomic E-state index is 3.51. The fourth-order valence-electron chi connectivity index (χ4n) is 1.40. The Bertz CT molecular complexity index is 219. The summed E-state index contributed by atoms with van der Waals surface area (Å²) in [6, 6.07) is 13.3. The normalized spacial score (nSPS) is 10.4.